The summed E-state index contributed by atoms with van der Waals surface area (Å²) in [5, 5.41) is 0. The molecular formula is C18H27NO4. The number of ketones is 1. The highest BCUT2D eigenvalue weighted by Crippen LogP contribution is 2.18. The van der Waals surface area contributed by atoms with E-state index >= 15 is 0 Å². The molecule has 0 spiro atoms. The molecule has 23 heavy (non-hydrogen) atoms. The third-order valence-corrected chi connectivity index (χ3v) is 3.80. The number of para-hydroxylation sites is 1. The average Bonchev–Trinajstić information content (AvgIpc) is 2.50. The number of benzene rings is 1. The number of rotatable bonds is 8. The SMILES string of the molecule is CC(=O)c1ccccc1OCCOCCN1C[C@@H](C)O[C@@H](C)C1. The number of hydrogen-bond acceptors (Lipinski definition) is 5. The van der Waals surface area contributed by atoms with Crippen molar-refractivity contribution < 1.29 is 19.0 Å². The van der Waals surface area contributed by atoms with Crippen molar-refractivity contribution in [1.29, 1.82) is 0 Å². The predicted molar refractivity (Wildman–Crippen MR) is 89.2 cm³/mol. The van der Waals surface area contributed by atoms with Crippen LogP contribution in [-0.2, 0) is 9.47 Å². The Balaban J connectivity index is 1.62. The zero-order valence-corrected chi connectivity index (χ0v) is 14.3. The number of carbonyl (C=O) groups excluding carboxylic acids is 1. The standard InChI is InChI=1S/C18H27NO4/c1-14-12-19(13-15(2)23-14)8-9-21-10-11-22-18-7-5-4-6-17(18)16(3)20/h4-7,14-15H,8-13H2,1-3H3/t14-,15+. The van der Waals surface area contributed by atoms with Gasteiger partial charge in [-0.1, -0.05) is 12.1 Å². The summed E-state index contributed by atoms with van der Waals surface area (Å²) in [5.41, 5.74) is 0.615. The van der Waals surface area contributed by atoms with Gasteiger partial charge in [-0.05, 0) is 32.9 Å². The molecule has 1 heterocycles. The van der Waals surface area contributed by atoms with E-state index in [1.54, 1.807) is 13.0 Å². The Bertz CT molecular complexity index is 496. The topological polar surface area (TPSA) is 48.0 Å². The Morgan fingerprint density at radius 2 is 1.87 bits per heavy atom. The van der Waals surface area contributed by atoms with E-state index in [1.807, 2.05) is 18.2 Å². The first-order valence-electron chi connectivity index (χ1n) is 8.24. The number of nitrogens with zero attached hydrogens (tertiary/aromatic N) is 1. The average molecular weight is 321 g/mol. The van der Waals surface area contributed by atoms with Crippen LogP contribution in [0, 0.1) is 0 Å². The first-order valence-corrected chi connectivity index (χ1v) is 8.24. The highest BCUT2D eigenvalue weighted by molar-refractivity contribution is 5.96. The number of hydrogen-bond donors (Lipinski definition) is 0. The fourth-order valence-corrected chi connectivity index (χ4v) is 2.86. The van der Waals surface area contributed by atoms with Crippen molar-refractivity contribution in [2.45, 2.75) is 33.0 Å². The highest BCUT2D eigenvalue weighted by atomic mass is 16.5. The van der Waals surface area contributed by atoms with Crippen LogP contribution in [0.4, 0.5) is 0 Å². The molecule has 1 aromatic rings. The van der Waals surface area contributed by atoms with Gasteiger partial charge in [0.05, 0.1) is 31.0 Å². The van der Waals surface area contributed by atoms with Gasteiger partial charge in [0.25, 0.3) is 0 Å². The molecule has 1 fully saturated rings. The van der Waals surface area contributed by atoms with Crippen molar-refractivity contribution in [3.05, 3.63) is 29.8 Å². The summed E-state index contributed by atoms with van der Waals surface area (Å²) in [6.07, 6.45) is 0.565. The molecular weight excluding hydrogens is 294 g/mol. The Kier molecular flexibility index (Phi) is 7.02. The maximum atomic E-state index is 11.5. The van der Waals surface area contributed by atoms with Crippen LogP contribution < -0.4 is 4.74 Å². The van der Waals surface area contributed by atoms with E-state index in [-0.39, 0.29) is 18.0 Å². The predicted octanol–water partition coefficient (Wildman–Crippen LogP) is 2.39. The van der Waals surface area contributed by atoms with Crippen molar-refractivity contribution in [1.82, 2.24) is 4.90 Å². The van der Waals surface area contributed by atoms with Crippen molar-refractivity contribution in [3.8, 4) is 5.75 Å². The molecule has 1 aliphatic heterocycles. The molecule has 0 aromatic heterocycles. The smallest absolute Gasteiger partial charge is 0.163 e. The van der Waals surface area contributed by atoms with Gasteiger partial charge in [-0.3, -0.25) is 9.69 Å². The Morgan fingerprint density at radius 1 is 1.17 bits per heavy atom. The van der Waals surface area contributed by atoms with Gasteiger partial charge in [-0.15, -0.1) is 0 Å². The van der Waals surface area contributed by atoms with Crippen LogP contribution in [0.1, 0.15) is 31.1 Å². The fraction of sp³-hybridized carbons (Fsp3) is 0.611. The molecule has 5 heteroatoms. The van der Waals surface area contributed by atoms with Crippen LogP contribution in [0.25, 0.3) is 0 Å². The van der Waals surface area contributed by atoms with E-state index in [0.29, 0.717) is 31.1 Å². The van der Waals surface area contributed by atoms with Gasteiger partial charge in [0.15, 0.2) is 5.78 Å². The zero-order chi connectivity index (χ0) is 16.7. The van der Waals surface area contributed by atoms with E-state index in [4.69, 9.17) is 14.2 Å². The number of ether oxygens (including phenoxy) is 3. The molecule has 128 valence electrons. The molecule has 0 N–H and O–H groups in total. The summed E-state index contributed by atoms with van der Waals surface area (Å²) in [6, 6.07) is 7.29. The number of carbonyl (C=O) groups is 1. The minimum atomic E-state index is 0.0112. The van der Waals surface area contributed by atoms with Gasteiger partial charge in [0, 0.05) is 19.6 Å². The van der Waals surface area contributed by atoms with Crippen LogP contribution in [-0.4, -0.2) is 62.3 Å². The van der Waals surface area contributed by atoms with Crippen LogP contribution in [0.3, 0.4) is 0 Å². The lowest BCUT2D eigenvalue weighted by Gasteiger charge is -2.35. The maximum Gasteiger partial charge on any atom is 0.163 e. The lowest BCUT2D eigenvalue weighted by atomic mass is 10.1. The van der Waals surface area contributed by atoms with Crippen molar-refractivity contribution in [3.63, 3.8) is 0 Å². The zero-order valence-electron chi connectivity index (χ0n) is 14.3. The van der Waals surface area contributed by atoms with Crippen molar-refractivity contribution >= 4 is 5.78 Å². The molecule has 1 saturated heterocycles. The van der Waals surface area contributed by atoms with Gasteiger partial charge in [0.1, 0.15) is 12.4 Å². The Morgan fingerprint density at radius 3 is 2.57 bits per heavy atom. The lowest BCUT2D eigenvalue weighted by Crippen LogP contribution is -2.46. The molecule has 1 aliphatic rings. The van der Waals surface area contributed by atoms with Crippen molar-refractivity contribution in [2.24, 2.45) is 0 Å². The summed E-state index contributed by atoms with van der Waals surface area (Å²) in [5.74, 6) is 0.636. The number of morpholine rings is 1. The second-order valence-corrected chi connectivity index (χ2v) is 6.03. The molecule has 0 unspecified atom stereocenters. The monoisotopic (exact) mass is 321 g/mol. The van der Waals surface area contributed by atoms with Crippen molar-refractivity contribution in [2.75, 3.05) is 39.5 Å². The van der Waals surface area contributed by atoms with Gasteiger partial charge in [-0.2, -0.15) is 0 Å². The molecule has 0 radical (unpaired) electrons. The third-order valence-electron chi connectivity index (χ3n) is 3.80. The Labute approximate surface area is 138 Å². The molecule has 0 bridgehead atoms. The summed E-state index contributed by atoms with van der Waals surface area (Å²) in [4.78, 5) is 13.9. The van der Waals surface area contributed by atoms with Gasteiger partial charge >= 0.3 is 0 Å². The van der Waals surface area contributed by atoms with E-state index in [1.165, 1.54) is 0 Å². The summed E-state index contributed by atoms with van der Waals surface area (Å²) in [7, 11) is 0. The molecule has 0 aliphatic carbocycles. The second kappa shape index (κ2) is 9.01. The van der Waals surface area contributed by atoms with E-state index in [0.717, 1.165) is 19.6 Å². The van der Waals surface area contributed by atoms with Gasteiger partial charge < -0.3 is 14.2 Å². The quantitative estimate of drug-likeness (QED) is 0.543. The molecule has 5 nitrogen and oxygen atoms in total. The van der Waals surface area contributed by atoms with Crippen LogP contribution in [0.2, 0.25) is 0 Å². The Hall–Kier alpha value is -1.43. The van der Waals surface area contributed by atoms with Crippen LogP contribution in [0.5, 0.6) is 5.75 Å². The fourth-order valence-electron chi connectivity index (χ4n) is 2.86. The largest absolute Gasteiger partial charge is 0.490 e. The van der Waals surface area contributed by atoms with E-state index < -0.39 is 0 Å². The summed E-state index contributed by atoms with van der Waals surface area (Å²) >= 11 is 0. The highest BCUT2D eigenvalue weighted by Gasteiger charge is 2.21. The third kappa shape index (κ3) is 5.94. The molecule has 2 atom stereocenters. The normalized spacial score (nSPS) is 22.0. The summed E-state index contributed by atoms with van der Waals surface area (Å²) < 4.78 is 17.0. The first kappa shape index (κ1) is 17.9. The van der Waals surface area contributed by atoms with Crippen LogP contribution >= 0.6 is 0 Å². The first-order chi connectivity index (χ1) is 11.1. The molecule has 1 aromatic carbocycles. The minimum absolute atomic E-state index is 0.0112. The van der Waals surface area contributed by atoms with E-state index in [2.05, 4.69) is 18.7 Å². The van der Waals surface area contributed by atoms with Crippen LogP contribution in [0.15, 0.2) is 24.3 Å². The van der Waals surface area contributed by atoms with Gasteiger partial charge in [0.2, 0.25) is 0 Å². The minimum Gasteiger partial charge on any atom is -0.490 e. The second-order valence-electron chi connectivity index (χ2n) is 6.03. The maximum absolute atomic E-state index is 11.5. The van der Waals surface area contributed by atoms with Gasteiger partial charge in [-0.25, -0.2) is 0 Å². The lowest BCUT2D eigenvalue weighted by molar-refractivity contribution is -0.0734. The molecule has 2 rings (SSSR count). The number of Topliss-reactive ketones (excluding diaryl/α,β-unsaturated/α-hetero) is 1. The molecule has 0 amide bonds. The van der Waals surface area contributed by atoms with E-state index in [9.17, 15) is 4.79 Å². The molecule has 0 saturated carbocycles. The summed E-state index contributed by atoms with van der Waals surface area (Å²) in [6.45, 7) is 10.2.